The van der Waals surface area contributed by atoms with E-state index >= 15 is 0 Å². The van der Waals surface area contributed by atoms with Crippen molar-refractivity contribution in [2.24, 2.45) is 11.7 Å². The molecule has 98 valence electrons. The first-order valence-corrected chi connectivity index (χ1v) is 6.77. The lowest BCUT2D eigenvalue weighted by Gasteiger charge is -2.14. The minimum Gasteiger partial charge on any atom is -0.493 e. The van der Waals surface area contributed by atoms with Gasteiger partial charge in [0.1, 0.15) is 0 Å². The van der Waals surface area contributed by atoms with E-state index in [1.54, 1.807) is 7.11 Å². The summed E-state index contributed by atoms with van der Waals surface area (Å²) in [6.45, 7) is 0.813. The second kappa shape index (κ2) is 4.47. The molecular formula is C15H21NO2. The van der Waals surface area contributed by atoms with Crippen LogP contribution in [0.1, 0.15) is 31.2 Å². The van der Waals surface area contributed by atoms with E-state index in [1.807, 2.05) is 6.07 Å². The molecule has 0 amide bonds. The van der Waals surface area contributed by atoms with Crippen LogP contribution in [-0.4, -0.2) is 19.3 Å². The van der Waals surface area contributed by atoms with Crippen molar-refractivity contribution in [3.05, 3.63) is 23.8 Å². The van der Waals surface area contributed by atoms with Gasteiger partial charge in [0.15, 0.2) is 11.5 Å². The van der Waals surface area contributed by atoms with Gasteiger partial charge >= 0.3 is 0 Å². The predicted octanol–water partition coefficient (Wildman–Crippen LogP) is 2.52. The molecule has 0 spiro atoms. The van der Waals surface area contributed by atoms with Gasteiger partial charge in [0.25, 0.3) is 0 Å². The van der Waals surface area contributed by atoms with Gasteiger partial charge in [0.05, 0.1) is 13.7 Å². The average molecular weight is 247 g/mol. The van der Waals surface area contributed by atoms with Crippen LogP contribution in [0.5, 0.6) is 11.5 Å². The first kappa shape index (κ1) is 11.8. The first-order chi connectivity index (χ1) is 8.68. The summed E-state index contributed by atoms with van der Waals surface area (Å²) in [4.78, 5) is 0. The Kier molecular flexibility index (Phi) is 2.94. The van der Waals surface area contributed by atoms with Crippen LogP contribution in [0.3, 0.4) is 0 Å². The highest BCUT2D eigenvalue weighted by Gasteiger charge is 2.38. The lowest BCUT2D eigenvalue weighted by atomic mass is 10.0. The molecule has 0 aromatic heterocycles. The third kappa shape index (κ3) is 2.78. The molecule has 3 nitrogen and oxygen atoms in total. The Bertz CT molecular complexity index is 436. The fourth-order valence-electron chi connectivity index (χ4n) is 2.18. The highest BCUT2D eigenvalue weighted by atomic mass is 16.5. The Balaban J connectivity index is 1.72. The monoisotopic (exact) mass is 247 g/mol. The minimum atomic E-state index is 0.0440. The molecular weight excluding hydrogens is 226 g/mol. The zero-order valence-corrected chi connectivity index (χ0v) is 10.9. The van der Waals surface area contributed by atoms with E-state index in [9.17, 15) is 0 Å². The summed E-state index contributed by atoms with van der Waals surface area (Å²) in [5, 5.41) is 0. The summed E-state index contributed by atoms with van der Waals surface area (Å²) < 4.78 is 11.2. The topological polar surface area (TPSA) is 44.5 Å². The van der Waals surface area contributed by atoms with Gasteiger partial charge in [0, 0.05) is 5.54 Å². The second-order valence-corrected chi connectivity index (χ2v) is 5.78. The molecule has 2 fully saturated rings. The maximum atomic E-state index is 6.16. The van der Waals surface area contributed by atoms with Crippen LogP contribution in [0.25, 0.3) is 0 Å². The van der Waals surface area contributed by atoms with Crippen LogP contribution >= 0.6 is 0 Å². The van der Waals surface area contributed by atoms with Gasteiger partial charge in [-0.1, -0.05) is 6.07 Å². The molecule has 2 aliphatic carbocycles. The molecule has 0 radical (unpaired) electrons. The second-order valence-electron chi connectivity index (χ2n) is 5.78. The van der Waals surface area contributed by atoms with Crippen molar-refractivity contribution in [3.8, 4) is 11.5 Å². The molecule has 0 aliphatic heterocycles. The molecule has 2 saturated carbocycles. The highest BCUT2D eigenvalue weighted by Crippen LogP contribution is 2.38. The van der Waals surface area contributed by atoms with Gasteiger partial charge in [-0.25, -0.2) is 0 Å². The van der Waals surface area contributed by atoms with Gasteiger partial charge in [-0.2, -0.15) is 0 Å². The van der Waals surface area contributed by atoms with Crippen LogP contribution in [-0.2, 0) is 6.42 Å². The predicted molar refractivity (Wildman–Crippen MR) is 71.1 cm³/mol. The Hall–Kier alpha value is -1.22. The number of nitrogens with two attached hydrogens (primary N) is 1. The molecule has 0 heterocycles. The summed E-state index contributed by atoms with van der Waals surface area (Å²) in [6.07, 6.45) is 5.81. The van der Waals surface area contributed by atoms with Crippen molar-refractivity contribution >= 4 is 0 Å². The van der Waals surface area contributed by atoms with E-state index in [-0.39, 0.29) is 5.54 Å². The summed E-state index contributed by atoms with van der Waals surface area (Å²) in [5.74, 6) is 2.44. The van der Waals surface area contributed by atoms with E-state index in [1.165, 1.54) is 18.4 Å². The smallest absolute Gasteiger partial charge is 0.161 e. The van der Waals surface area contributed by atoms with Gasteiger partial charge in [-0.3, -0.25) is 0 Å². The molecule has 2 N–H and O–H groups in total. The summed E-state index contributed by atoms with van der Waals surface area (Å²) in [6, 6.07) is 6.17. The van der Waals surface area contributed by atoms with Crippen LogP contribution < -0.4 is 15.2 Å². The molecule has 1 aromatic rings. The lowest BCUT2D eigenvalue weighted by Crippen LogP contribution is -2.24. The lowest BCUT2D eigenvalue weighted by molar-refractivity contribution is 0.280. The normalized spacial score (nSPS) is 20.6. The van der Waals surface area contributed by atoms with Crippen LogP contribution in [0.2, 0.25) is 0 Å². The summed E-state index contributed by atoms with van der Waals surface area (Å²) in [7, 11) is 1.68. The van der Waals surface area contributed by atoms with Crippen molar-refractivity contribution in [1.82, 2.24) is 0 Å². The molecule has 2 aliphatic rings. The van der Waals surface area contributed by atoms with Crippen molar-refractivity contribution < 1.29 is 9.47 Å². The molecule has 0 unspecified atom stereocenters. The van der Waals surface area contributed by atoms with Gasteiger partial charge in [-0.05, 0) is 55.7 Å². The third-order valence-corrected chi connectivity index (χ3v) is 3.85. The van der Waals surface area contributed by atoms with Crippen molar-refractivity contribution in [3.63, 3.8) is 0 Å². The molecule has 3 rings (SSSR count). The average Bonchev–Trinajstić information content (AvgIpc) is 3.25. The van der Waals surface area contributed by atoms with Crippen LogP contribution in [0.15, 0.2) is 18.2 Å². The number of benzene rings is 1. The minimum absolute atomic E-state index is 0.0440. The van der Waals surface area contributed by atoms with E-state index in [4.69, 9.17) is 15.2 Å². The Morgan fingerprint density at radius 3 is 2.67 bits per heavy atom. The molecule has 3 heteroatoms. The van der Waals surface area contributed by atoms with Crippen LogP contribution in [0.4, 0.5) is 0 Å². The number of rotatable bonds is 6. The Morgan fingerprint density at radius 1 is 1.28 bits per heavy atom. The summed E-state index contributed by atoms with van der Waals surface area (Å²) in [5.41, 5.74) is 7.45. The maximum Gasteiger partial charge on any atom is 0.161 e. The zero-order valence-electron chi connectivity index (χ0n) is 10.9. The van der Waals surface area contributed by atoms with Gasteiger partial charge in [0.2, 0.25) is 0 Å². The number of hydrogen-bond acceptors (Lipinski definition) is 3. The first-order valence-electron chi connectivity index (χ1n) is 6.77. The number of methoxy groups -OCH3 is 1. The zero-order chi connectivity index (χ0) is 12.6. The van der Waals surface area contributed by atoms with Crippen molar-refractivity contribution in [1.29, 1.82) is 0 Å². The molecule has 1 aromatic carbocycles. The Morgan fingerprint density at radius 2 is 2.06 bits per heavy atom. The van der Waals surface area contributed by atoms with Gasteiger partial charge < -0.3 is 15.2 Å². The molecule has 0 bridgehead atoms. The fraction of sp³-hybridized carbons (Fsp3) is 0.600. The molecule has 0 atom stereocenters. The third-order valence-electron chi connectivity index (χ3n) is 3.85. The largest absolute Gasteiger partial charge is 0.493 e. The quantitative estimate of drug-likeness (QED) is 0.840. The van der Waals surface area contributed by atoms with Crippen LogP contribution in [0, 0.1) is 5.92 Å². The van der Waals surface area contributed by atoms with E-state index in [0.29, 0.717) is 0 Å². The number of hydrogen-bond donors (Lipinski definition) is 1. The Labute approximate surface area is 108 Å². The van der Waals surface area contributed by atoms with E-state index in [0.717, 1.165) is 43.3 Å². The molecule has 18 heavy (non-hydrogen) atoms. The van der Waals surface area contributed by atoms with E-state index in [2.05, 4.69) is 12.1 Å². The van der Waals surface area contributed by atoms with Gasteiger partial charge in [-0.15, -0.1) is 0 Å². The maximum absolute atomic E-state index is 6.16. The SMILES string of the molecule is COc1ccc(CC2(N)CC2)cc1OCC1CC1. The van der Waals surface area contributed by atoms with Crippen molar-refractivity contribution in [2.75, 3.05) is 13.7 Å². The fourth-order valence-corrected chi connectivity index (χ4v) is 2.18. The summed E-state index contributed by atoms with van der Waals surface area (Å²) >= 11 is 0. The molecule has 0 saturated heterocycles. The number of ether oxygens (including phenoxy) is 2. The highest BCUT2D eigenvalue weighted by molar-refractivity contribution is 5.43. The van der Waals surface area contributed by atoms with Crippen molar-refractivity contribution in [2.45, 2.75) is 37.6 Å². The standard InChI is InChI=1S/C15H21NO2/c1-17-13-5-4-12(9-15(16)6-7-15)8-14(13)18-10-11-2-3-11/h4-5,8,11H,2-3,6-7,9-10,16H2,1H3. The van der Waals surface area contributed by atoms with E-state index < -0.39 is 0 Å².